The van der Waals surface area contributed by atoms with E-state index in [2.05, 4.69) is 5.32 Å². The van der Waals surface area contributed by atoms with Crippen LogP contribution in [0.25, 0.3) is 0 Å². The molecule has 3 atom stereocenters. The first-order valence-corrected chi connectivity index (χ1v) is 12.8. The highest BCUT2D eigenvalue weighted by Crippen LogP contribution is 2.40. The second-order valence-corrected chi connectivity index (χ2v) is 10.4. The van der Waals surface area contributed by atoms with Crippen molar-refractivity contribution in [3.05, 3.63) is 99.0 Å². The molecule has 0 spiro atoms. The Balaban J connectivity index is 1.58. The van der Waals surface area contributed by atoms with Crippen molar-refractivity contribution in [3.8, 4) is 5.75 Å². The van der Waals surface area contributed by atoms with Gasteiger partial charge in [0.25, 0.3) is 11.8 Å². The first kappa shape index (κ1) is 26.6. The number of carbonyl (C=O) groups is 2. The summed E-state index contributed by atoms with van der Waals surface area (Å²) in [5.74, 6) is -3.11. The largest absolute Gasteiger partial charge is 0.483 e. The molecule has 3 heterocycles. The third kappa shape index (κ3) is 5.04. The maximum atomic E-state index is 14.1. The number of hydrogen-bond donors (Lipinski definition) is 2. The van der Waals surface area contributed by atoms with Gasteiger partial charge >= 0.3 is 0 Å². The van der Waals surface area contributed by atoms with Crippen LogP contribution in [0.5, 0.6) is 5.75 Å². The minimum atomic E-state index is -1.24. The maximum absolute atomic E-state index is 14.1. The number of carbonyl (C=O) groups excluding carboxylic acids is 2. The molecule has 2 aliphatic rings. The second-order valence-electron chi connectivity index (χ2n) is 10.4. The number of ether oxygens (including phenoxy) is 1. The smallest absolute Gasteiger partial charge is 0.274 e. The van der Waals surface area contributed by atoms with Gasteiger partial charge in [0.15, 0.2) is 11.4 Å². The highest BCUT2D eigenvalue weighted by Gasteiger charge is 2.47. The van der Waals surface area contributed by atoms with Crippen molar-refractivity contribution >= 4 is 11.8 Å². The molecule has 2 aromatic carbocycles. The van der Waals surface area contributed by atoms with Gasteiger partial charge in [-0.3, -0.25) is 14.4 Å². The normalized spacial score (nSPS) is 22.2. The van der Waals surface area contributed by atoms with Gasteiger partial charge in [0.05, 0.1) is 11.6 Å². The zero-order valence-corrected chi connectivity index (χ0v) is 21.6. The van der Waals surface area contributed by atoms with Crippen LogP contribution in [0.2, 0.25) is 0 Å². The van der Waals surface area contributed by atoms with Gasteiger partial charge in [0.1, 0.15) is 23.8 Å². The van der Waals surface area contributed by atoms with Crippen LogP contribution in [-0.4, -0.2) is 44.6 Å². The quantitative estimate of drug-likeness (QED) is 0.501. The molecular formula is C29H29F2N3O5. The summed E-state index contributed by atoms with van der Waals surface area (Å²) in [7, 11) is 0. The van der Waals surface area contributed by atoms with Crippen molar-refractivity contribution in [2.75, 3.05) is 6.54 Å². The van der Waals surface area contributed by atoms with Crippen LogP contribution in [0, 0.1) is 11.6 Å². The Morgan fingerprint density at radius 1 is 1.18 bits per heavy atom. The fourth-order valence-corrected chi connectivity index (χ4v) is 5.22. The van der Waals surface area contributed by atoms with E-state index in [0.717, 1.165) is 11.6 Å². The molecule has 2 aliphatic heterocycles. The van der Waals surface area contributed by atoms with Crippen LogP contribution < -0.4 is 15.5 Å². The molecule has 10 heteroatoms. The molecule has 0 radical (unpaired) electrons. The lowest BCUT2D eigenvalue weighted by Crippen LogP contribution is -2.51. The Hall–Kier alpha value is -4.05. The summed E-state index contributed by atoms with van der Waals surface area (Å²) in [5, 5.41) is 13.9. The molecule has 1 saturated heterocycles. The molecule has 0 aliphatic carbocycles. The molecule has 3 aromatic rings. The number of nitrogens with zero attached hydrogens (tertiary/aromatic N) is 2. The van der Waals surface area contributed by atoms with Crippen molar-refractivity contribution < 1.29 is 28.2 Å². The van der Waals surface area contributed by atoms with E-state index in [1.807, 2.05) is 25.1 Å². The lowest BCUT2D eigenvalue weighted by molar-refractivity contribution is -0.00855. The van der Waals surface area contributed by atoms with Gasteiger partial charge in [-0.1, -0.05) is 36.4 Å². The first-order valence-electron chi connectivity index (χ1n) is 12.8. The number of pyridine rings is 1. The van der Waals surface area contributed by atoms with Crippen molar-refractivity contribution in [2.45, 2.75) is 57.5 Å². The third-order valence-corrected chi connectivity index (χ3v) is 7.60. The van der Waals surface area contributed by atoms with E-state index in [9.17, 15) is 28.3 Å². The summed E-state index contributed by atoms with van der Waals surface area (Å²) in [6.07, 6.45) is 2.23. The van der Waals surface area contributed by atoms with Crippen LogP contribution >= 0.6 is 0 Å². The summed E-state index contributed by atoms with van der Waals surface area (Å²) in [6, 6.07) is 11.2. The number of nitrogens with one attached hydrogen (secondary N) is 1. The molecule has 39 heavy (non-hydrogen) atoms. The van der Waals surface area contributed by atoms with Crippen LogP contribution in [0.3, 0.4) is 0 Å². The predicted molar refractivity (Wildman–Crippen MR) is 138 cm³/mol. The lowest BCUT2D eigenvalue weighted by atomic mass is 9.90. The van der Waals surface area contributed by atoms with Gasteiger partial charge in [0, 0.05) is 37.0 Å². The average molecular weight is 538 g/mol. The molecule has 3 unspecified atom stereocenters. The van der Waals surface area contributed by atoms with Crippen molar-refractivity contribution in [3.63, 3.8) is 0 Å². The molecule has 2 amide bonds. The average Bonchev–Trinajstić information content (AvgIpc) is 3.01. The number of amides is 2. The lowest BCUT2D eigenvalue weighted by Gasteiger charge is -2.41. The number of fused-ring (bicyclic) bond motifs is 4. The number of aromatic nitrogens is 1. The van der Waals surface area contributed by atoms with Crippen LogP contribution in [0.4, 0.5) is 8.78 Å². The first-order chi connectivity index (χ1) is 18.6. The van der Waals surface area contributed by atoms with Gasteiger partial charge in [-0.2, -0.15) is 0 Å². The topological polar surface area (TPSA) is 101 Å². The summed E-state index contributed by atoms with van der Waals surface area (Å²) in [5.41, 5.74) is -1.60. The van der Waals surface area contributed by atoms with Gasteiger partial charge in [-0.25, -0.2) is 8.78 Å². The van der Waals surface area contributed by atoms with E-state index >= 15 is 0 Å². The third-order valence-electron chi connectivity index (χ3n) is 7.60. The zero-order chi connectivity index (χ0) is 27.9. The Morgan fingerprint density at radius 3 is 2.64 bits per heavy atom. The fraction of sp³-hybridized carbons (Fsp3) is 0.345. The van der Waals surface area contributed by atoms with Crippen molar-refractivity contribution in [1.29, 1.82) is 0 Å². The van der Waals surface area contributed by atoms with E-state index in [4.69, 9.17) is 4.74 Å². The monoisotopic (exact) mass is 537 g/mol. The molecule has 2 bridgehead atoms. The summed E-state index contributed by atoms with van der Waals surface area (Å²) in [6.45, 7) is 3.44. The molecule has 5 rings (SSSR count). The number of halogens is 2. The minimum absolute atomic E-state index is 0.0256. The molecule has 1 fully saturated rings. The number of aliphatic hydroxyl groups is 1. The van der Waals surface area contributed by atoms with Crippen molar-refractivity contribution in [1.82, 2.24) is 14.8 Å². The summed E-state index contributed by atoms with van der Waals surface area (Å²) >= 11 is 0. The van der Waals surface area contributed by atoms with Gasteiger partial charge < -0.3 is 24.6 Å². The van der Waals surface area contributed by atoms with E-state index in [1.165, 1.54) is 16.8 Å². The van der Waals surface area contributed by atoms with Gasteiger partial charge in [-0.15, -0.1) is 0 Å². The number of benzene rings is 2. The van der Waals surface area contributed by atoms with E-state index in [0.29, 0.717) is 18.9 Å². The molecular weight excluding hydrogens is 508 g/mol. The molecule has 2 N–H and O–H groups in total. The van der Waals surface area contributed by atoms with Crippen molar-refractivity contribution in [2.24, 2.45) is 0 Å². The number of hydrogen-bond acceptors (Lipinski definition) is 5. The maximum Gasteiger partial charge on any atom is 0.274 e. The van der Waals surface area contributed by atoms with E-state index in [1.54, 1.807) is 24.0 Å². The van der Waals surface area contributed by atoms with Gasteiger partial charge in [0.2, 0.25) is 5.43 Å². The standard InChI is InChI=1S/C29H29F2N3O5/c1-17-10-11-29(2,38)23-15-33(17)28(37)24-26(39-16-18-6-4-3-5-7-18)25(35)21(14-34(23)24)27(36)32-13-19-8-9-20(30)12-22(19)31/h3-9,12,14,17,23,38H,10-11,13,15-16H2,1-2H3,(H,32,36). The van der Waals surface area contributed by atoms with Crippen LogP contribution in [0.15, 0.2) is 59.5 Å². The fourth-order valence-electron chi connectivity index (χ4n) is 5.22. The molecule has 204 valence electrons. The van der Waals surface area contributed by atoms with Crippen LogP contribution in [-0.2, 0) is 13.2 Å². The SMILES string of the molecule is CC1CCC(C)(O)C2CN1C(=O)c1c(OCc3ccccc3)c(=O)c(C(=O)NCc3ccc(F)cc3F)cn12. The minimum Gasteiger partial charge on any atom is -0.483 e. The van der Waals surface area contributed by atoms with E-state index in [-0.39, 0.29) is 48.3 Å². The second kappa shape index (κ2) is 10.3. The molecule has 0 saturated carbocycles. The van der Waals surface area contributed by atoms with E-state index < -0.39 is 40.5 Å². The molecule has 8 nitrogen and oxygen atoms in total. The summed E-state index contributed by atoms with van der Waals surface area (Å²) in [4.78, 5) is 42.2. The Bertz CT molecular complexity index is 1490. The highest BCUT2D eigenvalue weighted by atomic mass is 19.1. The van der Waals surface area contributed by atoms with Gasteiger partial charge in [-0.05, 0) is 38.3 Å². The number of rotatable bonds is 6. The predicted octanol–water partition coefficient (Wildman–Crippen LogP) is 3.57. The Labute approximate surface area is 223 Å². The zero-order valence-electron chi connectivity index (χ0n) is 21.6. The summed E-state index contributed by atoms with van der Waals surface area (Å²) < 4.78 is 34.8. The van der Waals surface area contributed by atoms with Crippen LogP contribution in [0.1, 0.15) is 64.7 Å². The highest BCUT2D eigenvalue weighted by molar-refractivity contribution is 5.99. The molecule has 1 aromatic heterocycles. The Morgan fingerprint density at radius 2 is 1.92 bits per heavy atom. The Kier molecular flexibility index (Phi) is 6.98.